The van der Waals surface area contributed by atoms with E-state index in [2.05, 4.69) is 5.32 Å². The Hall–Kier alpha value is -3.18. The highest BCUT2D eigenvalue weighted by molar-refractivity contribution is 7.91. The highest BCUT2D eigenvalue weighted by atomic mass is 32.2. The van der Waals surface area contributed by atoms with Crippen molar-refractivity contribution < 1.29 is 13.2 Å². The first kappa shape index (κ1) is 18.2. The smallest absolute Gasteiger partial charge is 0.252 e. The molecular weight excluding hydrogens is 370 g/mol. The monoisotopic (exact) mass is 389 g/mol. The van der Waals surface area contributed by atoms with E-state index in [0.29, 0.717) is 11.3 Å². The predicted molar refractivity (Wildman–Crippen MR) is 112 cm³/mol. The maximum Gasteiger partial charge on any atom is 0.252 e. The number of benzene rings is 3. The lowest BCUT2D eigenvalue weighted by Gasteiger charge is -2.18. The second-order valence-corrected chi connectivity index (χ2v) is 8.83. The van der Waals surface area contributed by atoms with Gasteiger partial charge in [0.15, 0.2) is 9.84 Å². The minimum atomic E-state index is -3.56. The summed E-state index contributed by atoms with van der Waals surface area (Å²) in [6.07, 6.45) is 1.67. The van der Waals surface area contributed by atoms with Crippen molar-refractivity contribution in [2.24, 2.45) is 0 Å². The van der Waals surface area contributed by atoms with E-state index in [1.807, 2.05) is 61.5 Å². The molecule has 0 bridgehead atoms. The van der Waals surface area contributed by atoms with Crippen LogP contribution < -0.4 is 5.32 Å². The first-order chi connectivity index (χ1) is 13.4. The molecular formula is C23H19NO3S. The van der Waals surface area contributed by atoms with Crippen LogP contribution in [0.4, 0.5) is 5.69 Å². The summed E-state index contributed by atoms with van der Waals surface area (Å²) in [6.45, 7) is 2.02. The van der Waals surface area contributed by atoms with Gasteiger partial charge in [-0.15, -0.1) is 0 Å². The van der Waals surface area contributed by atoms with Gasteiger partial charge in [0.05, 0.1) is 10.6 Å². The molecule has 0 aliphatic carbocycles. The average molecular weight is 389 g/mol. The molecule has 0 unspecified atom stereocenters. The fourth-order valence-corrected chi connectivity index (χ4v) is 4.78. The number of fused-ring (bicyclic) bond motifs is 1. The van der Waals surface area contributed by atoms with Crippen molar-refractivity contribution in [2.75, 3.05) is 11.1 Å². The SMILES string of the molecule is Cc1ccc(-c2ccc3c(c2)C=C(C(=O)Nc2ccccc2)CS3(=O)=O)cc1. The van der Waals surface area contributed by atoms with Crippen molar-refractivity contribution in [1.29, 1.82) is 0 Å². The van der Waals surface area contributed by atoms with Gasteiger partial charge in [-0.3, -0.25) is 4.79 Å². The fourth-order valence-electron chi connectivity index (χ4n) is 3.25. The lowest BCUT2D eigenvalue weighted by molar-refractivity contribution is -0.112. The zero-order chi connectivity index (χ0) is 19.7. The molecule has 1 amide bonds. The molecule has 4 rings (SSSR count). The Morgan fingerprint density at radius 1 is 0.893 bits per heavy atom. The molecule has 0 radical (unpaired) electrons. The van der Waals surface area contributed by atoms with E-state index in [1.54, 1.807) is 24.3 Å². The maximum atomic E-state index is 12.7. The van der Waals surface area contributed by atoms with Crippen molar-refractivity contribution in [3.05, 3.63) is 89.5 Å². The van der Waals surface area contributed by atoms with Crippen LogP contribution in [0.15, 0.2) is 83.3 Å². The molecule has 140 valence electrons. The number of sulfone groups is 1. The van der Waals surface area contributed by atoms with Gasteiger partial charge in [0, 0.05) is 11.3 Å². The molecule has 1 aliphatic rings. The minimum Gasteiger partial charge on any atom is -0.322 e. The number of carbonyl (C=O) groups excluding carboxylic acids is 1. The highest BCUT2D eigenvalue weighted by Crippen LogP contribution is 2.31. The Kier molecular flexibility index (Phi) is 4.61. The molecule has 1 heterocycles. The minimum absolute atomic E-state index is 0.234. The Bertz CT molecular complexity index is 1180. The molecule has 0 saturated heterocycles. The van der Waals surface area contributed by atoms with Crippen molar-refractivity contribution in [1.82, 2.24) is 0 Å². The van der Waals surface area contributed by atoms with Crippen LogP contribution in [0, 0.1) is 6.92 Å². The second-order valence-electron chi connectivity index (χ2n) is 6.87. The third kappa shape index (κ3) is 3.62. The summed E-state index contributed by atoms with van der Waals surface area (Å²) in [5, 5.41) is 2.76. The Morgan fingerprint density at radius 2 is 1.57 bits per heavy atom. The lowest BCUT2D eigenvalue weighted by atomic mass is 10.0. The first-order valence-corrected chi connectivity index (χ1v) is 10.6. The van der Waals surface area contributed by atoms with Crippen LogP contribution in [0.2, 0.25) is 0 Å². The molecule has 4 nitrogen and oxygen atoms in total. The first-order valence-electron chi connectivity index (χ1n) is 8.93. The number of nitrogens with one attached hydrogen (secondary N) is 1. The van der Waals surface area contributed by atoms with Crippen molar-refractivity contribution in [3.8, 4) is 11.1 Å². The molecule has 3 aromatic rings. The molecule has 0 spiro atoms. The maximum absolute atomic E-state index is 12.7. The van der Waals surface area contributed by atoms with Crippen LogP contribution in [0.1, 0.15) is 11.1 Å². The predicted octanol–water partition coefficient (Wildman–Crippen LogP) is 4.47. The van der Waals surface area contributed by atoms with Gasteiger partial charge in [-0.2, -0.15) is 0 Å². The van der Waals surface area contributed by atoms with E-state index in [-0.39, 0.29) is 16.2 Å². The molecule has 0 atom stereocenters. The molecule has 1 N–H and O–H groups in total. The van der Waals surface area contributed by atoms with Crippen LogP contribution in [0.5, 0.6) is 0 Å². The zero-order valence-corrected chi connectivity index (χ0v) is 16.2. The Morgan fingerprint density at radius 3 is 2.29 bits per heavy atom. The number of hydrogen-bond acceptors (Lipinski definition) is 3. The summed E-state index contributed by atoms with van der Waals surface area (Å²) in [4.78, 5) is 12.9. The van der Waals surface area contributed by atoms with E-state index in [0.717, 1.165) is 16.7 Å². The van der Waals surface area contributed by atoms with E-state index >= 15 is 0 Å². The summed E-state index contributed by atoms with van der Waals surface area (Å²) >= 11 is 0. The molecule has 0 fully saturated rings. The van der Waals surface area contributed by atoms with Gasteiger partial charge < -0.3 is 5.32 Å². The molecule has 3 aromatic carbocycles. The number of hydrogen-bond donors (Lipinski definition) is 1. The van der Waals surface area contributed by atoms with Gasteiger partial charge in [0.2, 0.25) is 0 Å². The summed E-state index contributed by atoms with van der Waals surface area (Å²) in [7, 11) is -3.56. The summed E-state index contributed by atoms with van der Waals surface area (Å²) in [5.74, 6) is -0.705. The molecule has 5 heteroatoms. The molecule has 0 saturated carbocycles. The van der Waals surface area contributed by atoms with Crippen LogP contribution in [0.25, 0.3) is 17.2 Å². The second kappa shape index (κ2) is 7.09. The average Bonchev–Trinajstić information content (AvgIpc) is 2.68. The largest absolute Gasteiger partial charge is 0.322 e. The normalized spacial score (nSPS) is 14.7. The molecule has 28 heavy (non-hydrogen) atoms. The van der Waals surface area contributed by atoms with E-state index in [4.69, 9.17) is 0 Å². The summed E-state index contributed by atoms with van der Waals surface area (Å²) < 4.78 is 25.4. The van der Waals surface area contributed by atoms with E-state index < -0.39 is 15.7 Å². The van der Waals surface area contributed by atoms with E-state index in [1.165, 1.54) is 0 Å². The number of carbonyl (C=O) groups is 1. The summed E-state index contributed by atoms with van der Waals surface area (Å²) in [5.41, 5.74) is 4.48. The van der Waals surface area contributed by atoms with Crippen molar-refractivity contribution in [3.63, 3.8) is 0 Å². The number of rotatable bonds is 3. The quantitative estimate of drug-likeness (QED) is 0.719. The van der Waals surface area contributed by atoms with Gasteiger partial charge in [-0.05, 0) is 54.0 Å². The van der Waals surface area contributed by atoms with Gasteiger partial charge in [0.25, 0.3) is 5.91 Å². The number of amides is 1. The van der Waals surface area contributed by atoms with Crippen LogP contribution in [-0.2, 0) is 14.6 Å². The van der Waals surface area contributed by atoms with Gasteiger partial charge in [-0.25, -0.2) is 8.42 Å². The standard InChI is InChI=1S/C23H19NO3S/c1-16-7-9-17(10-8-16)18-11-12-22-19(13-18)14-20(15-28(22,26)27)23(25)24-21-5-3-2-4-6-21/h2-14H,15H2,1H3,(H,24,25). The van der Waals surface area contributed by atoms with E-state index in [9.17, 15) is 13.2 Å². The highest BCUT2D eigenvalue weighted by Gasteiger charge is 2.28. The Labute approximate surface area is 164 Å². The van der Waals surface area contributed by atoms with Crippen LogP contribution >= 0.6 is 0 Å². The zero-order valence-electron chi connectivity index (χ0n) is 15.3. The third-order valence-electron chi connectivity index (χ3n) is 4.73. The third-order valence-corrected chi connectivity index (χ3v) is 6.46. The topological polar surface area (TPSA) is 63.2 Å². The van der Waals surface area contributed by atoms with Crippen LogP contribution in [0.3, 0.4) is 0 Å². The Balaban J connectivity index is 1.72. The number of para-hydroxylation sites is 1. The van der Waals surface area contributed by atoms with Crippen molar-refractivity contribution >= 4 is 27.5 Å². The van der Waals surface area contributed by atoms with Gasteiger partial charge in [0.1, 0.15) is 0 Å². The lowest BCUT2D eigenvalue weighted by Crippen LogP contribution is -2.24. The summed E-state index contributed by atoms with van der Waals surface area (Å²) in [6, 6.07) is 22.3. The van der Waals surface area contributed by atoms with Crippen molar-refractivity contribution in [2.45, 2.75) is 11.8 Å². The van der Waals surface area contributed by atoms with Gasteiger partial charge in [-0.1, -0.05) is 54.1 Å². The molecule has 0 aromatic heterocycles. The van der Waals surface area contributed by atoms with Gasteiger partial charge >= 0.3 is 0 Å². The number of anilines is 1. The fraction of sp³-hybridized carbons (Fsp3) is 0.0870. The molecule has 1 aliphatic heterocycles. The van der Waals surface area contributed by atoms with Crippen LogP contribution in [-0.4, -0.2) is 20.1 Å². The number of aryl methyl sites for hydroxylation is 1.